The maximum absolute atomic E-state index is 10.5. The van der Waals surface area contributed by atoms with Crippen molar-refractivity contribution >= 4 is 11.9 Å². The summed E-state index contributed by atoms with van der Waals surface area (Å²) in [5, 5.41) is 17.2. The Morgan fingerprint density at radius 2 is 1.15 bits per heavy atom. The normalized spacial score (nSPS) is 11.2. The van der Waals surface area contributed by atoms with Gasteiger partial charge in [0.1, 0.15) is 0 Å². The Hall–Kier alpha value is -0.801. The zero-order chi connectivity index (χ0) is 9.72. The molecule has 0 saturated heterocycles. The second-order valence-corrected chi connectivity index (χ2v) is 2.27. The topological polar surface area (TPSA) is 74.6 Å². The SMILES string of the molecule is CC/C(C(=O)O)=C(/CC)C(=O)O.[Cu]. The molecule has 13 heavy (non-hydrogen) atoms. The van der Waals surface area contributed by atoms with Crippen LogP contribution < -0.4 is 0 Å². The second-order valence-electron chi connectivity index (χ2n) is 2.27. The van der Waals surface area contributed by atoms with Gasteiger partial charge in [0.15, 0.2) is 0 Å². The van der Waals surface area contributed by atoms with E-state index in [-0.39, 0.29) is 41.1 Å². The van der Waals surface area contributed by atoms with Crippen LogP contribution >= 0.6 is 0 Å². The van der Waals surface area contributed by atoms with E-state index in [2.05, 4.69) is 0 Å². The van der Waals surface area contributed by atoms with Crippen LogP contribution in [0, 0.1) is 0 Å². The van der Waals surface area contributed by atoms with Crippen molar-refractivity contribution in [2.24, 2.45) is 0 Å². The summed E-state index contributed by atoms with van der Waals surface area (Å²) >= 11 is 0. The summed E-state index contributed by atoms with van der Waals surface area (Å²) in [6.45, 7) is 3.25. The van der Waals surface area contributed by atoms with Gasteiger partial charge in [0, 0.05) is 28.2 Å². The van der Waals surface area contributed by atoms with Gasteiger partial charge in [-0.25, -0.2) is 9.59 Å². The standard InChI is InChI=1S/C8H12O4.Cu/c1-3-5(7(9)10)6(4-2)8(11)12;/h3-4H2,1-2H3,(H,9,10)(H,11,12);/b6-5+;. The minimum atomic E-state index is -1.14. The molecule has 0 aromatic rings. The number of hydrogen-bond acceptors (Lipinski definition) is 2. The fourth-order valence-corrected chi connectivity index (χ4v) is 0.987. The summed E-state index contributed by atoms with van der Waals surface area (Å²) in [7, 11) is 0. The van der Waals surface area contributed by atoms with Gasteiger partial charge in [-0.05, 0) is 12.8 Å². The van der Waals surface area contributed by atoms with E-state index in [0.29, 0.717) is 0 Å². The Morgan fingerprint density at radius 3 is 1.23 bits per heavy atom. The third kappa shape index (κ3) is 4.10. The van der Waals surface area contributed by atoms with Gasteiger partial charge in [-0.1, -0.05) is 13.8 Å². The van der Waals surface area contributed by atoms with E-state index in [0.717, 1.165) is 0 Å². The molecule has 4 nitrogen and oxygen atoms in total. The number of hydrogen-bond donors (Lipinski definition) is 2. The minimum absolute atomic E-state index is 0. The van der Waals surface area contributed by atoms with Gasteiger partial charge in [0.25, 0.3) is 0 Å². The van der Waals surface area contributed by atoms with Crippen LogP contribution in [0.3, 0.4) is 0 Å². The average Bonchev–Trinajstić information content (AvgIpc) is 1.98. The van der Waals surface area contributed by atoms with Crippen LogP contribution in [-0.4, -0.2) is 22.2 Å². The molecule has 0 aromatic carbocycles. The van der Waals surface area contributed by atoms with Crippen LogP contribution in [0.5, 0.6) is 0 Å². The monoisotopic (exact) mass is 235 g/mol. The van der Waals surface area contributed by atoms with Crippen molar-refractivity contribution in [1.29, 1.82) is 0 Å². The van der Waals surface area contributed by atoms with Crippen molar-refractivity contribution < 1.29 is 36.9 Å². The zero-order valence-corrected chi connectivity index (χ0v) is 8.37. The summed E-state index contributed by atoms with van der Waals surface area (Å²) in [6.07, 6.45) is 0.482. The summed E-state index contributed by atoms with van der Waals surface area (Å²) in [5.41, 5.74) is -0.0185. The number of carbonyl (C=O) groups is 2. The third-order valence-corrected chi connectivity index (χ3v) is 1.59. The first kappa shape index (κ1) is 14.7. The van der Waals surface area contributed by atoms with Crippen LogP contribution in [0.1, 0.15) is 26.7 Å². The molecule has 5 heteroatoms. The third-order valence-electron chi connectivity index (χ3n) is 1.59. The molecule has 0 atom stereocenters. The van der Waals surface area contributed by atoms with E-state index in [9.17, 15) is 9.59 Å². The largest absolute Gasteiger partial charge is 0.478 e. The summed E-state index contributed by atoms with van der Waals surface area (Å²) in [4.78, 5) is 21.0. The average molecular weight is 236 g/mol. The summed E-state index contributed by atoms with van der Waals surface area (Å²) < 4.78 is 0. The summed E-state index contributed by atoms with van der Waals surface area (Å²) in [6, 6.07) is 0. The van der Waals surface area contributed by atoms with Gasteiger partial charge in [0.05, 0.1) is 0 Å². The Balaban J connectivity index is 0. The Bertz CT molecular complexity index is 208. The van der Waals surface area contributed by atoms with Crippen LogP contribution in [0.4, 0.5) is 0 Å². The van der Waals surface area contributed by atoms with Gasteiger partial charge in [-0.2, -0.15) is 0 Å². The van der Waals surface area contributed by atoms with Gasteiger partial charge in [-0.3, -0.25) is 0 Å². The smallest absolute Gasteiger partial charge is 0.332 e. The molecule has 0 rings (SSSR count). The van der Waals surface area contributed by atoms with Crippen molar-refractivity contribution in [3.05, 3.63) is 11.1 Å². The molecule has 0 aliphatic heterocycles. The zero-order valence-electron chi connectivity index (χ0n) is 7.43. The Morgan fingerprint density at radius 1 is 0.923 bits per heavy atom. The van der Waals surface area contributed by atoms with Crippen LogP contribution in [0.25, 0.3) is 0 Å². The van der Waals surface area contributed by atoms with Crippen molar-refractivity contribution in [3.8, 4) is 0 Å². The van der Waals surface area contributed by atoms with Crippen LogP contribution in [-0.2, 0) is 26.7 Å². The van der Waals surface area contributed by atoms with E-state index >= 15 is 0 Å². The molecular weight excluding hydrogens is 224 g/mol. The van der Waals surface area contributed by atoms with E-state index < -0.39 is 11.9 Å². The first-order chi connectivity index (χ1) is 5.54. The second kappa shape index (κ2) is 6.69. The van der Waals surface area contributed by atoms with E-state index in [1.807, 2.05) is 0 Å². The predicted molar refractivity (Wildman–Crippen MR) is 42.9 cm³/mol. The van der Waals surface area contributed by atoms with Crippen molar-refractivity contribution in [2.45, 2.75) is 26.7 Å². The first-order valence-corrected chi connectivity index (χ1v) is 3.73. The predicted octanol–water partition coefficient (Wildman–Crippen LogP) is 1.27. The summed E-state index contributed by atoms with van der Waals surface area (Å²) in [5.74, 6) is -2.28. The molecule has 0 spiro atoms. The molecule has 0 saturated carbocycles. The molecule has 1 radical (unpaired) electrons. The molecule has 0 unspecified atom stereocenters. The molecule has 0 aliphatic rings. The quantitative estimate of drug-likeness (QED) is 0.569. The Labute approximate surface area is 87.1 Å². The molecule has 0 aromatic heterocycles. The maximum atomic E-state index is 10.5. The van der Waals surface area contributed by atoms with Crippen LogP contribution in [0.15, 0.2) is 11.1 Å². The fourth-order valence-electron chi connectivity index (χ4n) is 0.987. The molecular formula is C8H12CuO4. The fraction of sp³-hybridized carbons (Fsp3) is 0.500. The number of rotatable bonds is 4. The van der Waals surface area contributed by atoms with Gasteiger partial charge in [-0.15, -0.1) is 0 Å². The van der Waals surface area contributed by atoms with Gasteiger partial charge in [0.2, 0.25) is 0 Å². The van der Waals surface area contributed by atoms with Crippen molar-refractivity contribution in [2.75, 3.05) is 0 Å². The number of carboxylic acid groups (broad SMARTS) is 2. The molecule has 0 heterocycles. The Kier molecular flexibility index (Phi) is 7.57. The molecule has 0 fully saturated rings. The van der Waals surface area contributed by atoms with E-state index in [4.69, 9.17) is 10.2 Å². The minimum Gasteiger partial charge on any atom is -0.478 e. The van der Waals surface area contributed by atoms with Crippen molar-refractivity contribution in [1.82, 2.24) is 0 Å². The van der Waals surface area contributed by atoms with Gasteiger partial charge >= 0.3 is 11.9 Å². The maximum Gasteiger partial charge on any atom is 0.332 e. The van der Waals surface area contributed by atoms with Gasteiger partial charge < -0.3 is 10.2 Å². The van der Waals surface area contributed by atoms with Crippen LogP contribution in [0.2, 0.25) is 0 Å². The van der Waals surface area contributed by atoms with E-state index in [1.165, 1.54) is 0 Å². The van der Waals surface area contributed by atoms with Crippen molar-refractivity contribution in [3.63, 3.8) is 0 Å². The number of carboxylic acids is 2. The number of aliphatic carboxylic acids is 2. The molecule has 0 aliphatic carbocycles. The first-order valence-electron chi connectivity index (χ1n) is 3.73. The molecule has 2 N–H and O–H groups in total. The molecule has 0 amide bonds. The molecule has 79 valence electrons. The molecule has 0 bridgehead atoms. The van der Waals surface area contributed by atoms with E-state index in [1.54, 1.807) is 13.8 Å².